The minimum Gasteiger partial charge on any atom is -0.393 e. The monoisotopic (exact) mass is 250 g/mol. The number of unbranched alkanes of at least 4 members (excludes halogenated alkanes) is 1. The number of aliphatic hydroxyl groups excluding tert-OH is 2. The number of hydrogen-bond donors (Lipinski definition) is 2. The molecule has 0 radical (unpaired) electrons. The zero-order valence-corrected chi connectivity index (χ0v) is 10.5. The van der Waals surface area contributed by atoms with E-state index in [1.807, 2.05) is 6.92 Å². The molecule has 0 saturated heterocycles. The van der Waals surface area contributed by atoms with Crippen LogP contribution in [0.3, 0.4) is 0 Å². The Kier molecular flexibility index (Phi) is 5.80. The molecule has 4 heteroatoms. The van der Waals surface area contributed by atoms with Gasteiger partial charge >= 0.3 is 0 Å². The van der Waals surface area contributed by atoms with Crippen molar-refractivity contribution in [3.8, 4) is 0 Å². The maximum atomic E-state index is 13.5. The van der Waals surface area contributed by atoms with Gasteiger partial charge in [-0.25, -0.2) is 8.78 Å². The molecule has 2 nitrogen and oxygen atoms in total. The first-order chi connectivity index (χ1) is 7.95. The largest absolute Gasteiger partial charge is 0.393 e. The van der Waals surface area contributed by atoms with E-state index >= 15 is 0 Å². The smallest absolute Gasteiger partial charge is 0.273 e. The SMILES string of the molecule is CCCCC(F)(F)C(O)CCC1CCC(O)C1. The van der Waals surface area contributed by atoms with Crippen molar-refractivity contribution in [1.82, 2.24) is 0 Å². The maximum Gasteiger partial charge on any atom is 0.273 e. The van der Waals surface area contributed by atoms with E-state index in [2.05, 4.69) is 0 Å². The van der Waals surface area contributed by atoms with Gasteiger partial charge in [0.05, 0.1) is 6.10 Å². The van der Waals surface area contributed by atoms with Crippen LogP contribution in [0.15, 0.2) is 0 Å². The van der Waals surface area contributed by atoms with Crippen LogP contribution in [0.1, 0.15) is 58.3 Å². The van der Waals surface area contributed by atoms with Crippen LogP contribution in [0.2, 0.25) is 0 Å². The van der Waals surface area contributed by atoms with Gasteiger partial charge < -0.3 is 10.2 Å². The van der Waals surface area contributed by atoms with E-state index in [-0.39, 0.29) is 18.9 Å². The van der Waals surface area contributed by atoms with Crippen LogP contribution in [0, 0.1) is 5.92 Å². The summed E-state index contributed by atoms with van der Waals surface area (Å²) in [5, 5.41) is 18.8. The molecule has 1 aliphatic rings. The molecule has 102 valence electrons. The Hall–Kier alpha value is -0.220. The lowest BCUT2D eigenvalue weighted by Gasteiger charge is -2.23. The highest BCUT2D eigenvalue weighted by molar-refractivity contribution is 4.80. The highest BCUT2D eigenvalue weighted by Crippen LogP contribution is 2.33. The molecule has 2 N–H and O–H groups in total. The molecular weight excluding hydrogens is 226 g/mol. The average molecular weight is 250 g/mol. The van der Waals surface area contributed by atoms with Gasteiger partial charge in [0.1, 0.15) is 6.10 Å². The molecule has 1 aliphatic carbocycles. The van der Waals surface area contributed by atoms with Crippen molar-refractivity contribution >= 4 is 0 Å². The molecule has 0 aromatic heterocycles. The maximum absolute atomic E-state index is 13.5. The van der Waals surface area contributed by atoms with Crippen molar-refractivity contribution in [3.63, 3.8) is 0 Å². The van der Waals surface area contributed by atoms with Gasteiger partial charge in [0.25, 0.3) is 5.92 Å². The van der Waals surface area contributed by atoms with Crippen LogP contribution < -0.4 is 0 Å². The molecule has 0 amide bonds. The zero-order valence-electron chi connectivity index (χ0n) is 10.5. The van der Waals surface area contributed by atoms with Crippen molar-refractivity contribution in [2.75, 3.05) is 0 Å². The average Bonchev–Trinajstić information content (AvgIpc) is 2.69. The predicted molar refractivity (Wildman–Crippen MR) is 63.1 cm³/mol. The van der Waals surface area contributed by atoms with Crippen LogP contribution in [0.25, 0.3) is 0 Å². The molecule has 0 spiro atoms. The summed E-state index contributed by atoms with van der Waals surface area (Å²) in [6.45, 7) is 1.86. The number of aliphatic hydroxyl groups is 2. The summed E-state index contributed by atoms with van der Waals surface area (Å²) in [7, 11) is 0. The second kappa shape index (κ2) is 6.64. The Bertz CT molecular complexity index is 221. The number of alkyl halides is 2. The molecule has 0 heterocycles. The molecule has 1 rings (SSSR count). The third kappa shape index (κ3) is 4.88. The first-order valence-electron chi connectivity index (χ1n) is 6.69. The minimum atomic E-state index is -2.95. The predicted octanol–water partition coefficient (Wildman–Crippen LogP) is 3.11. The molecular formula is C13H24F2O2. The molecule has 1 saturated carbocycles. The molecule has 1 fully saturated rings. The fraction of sp³-hybridized carbons (Fsp3) is 1.00. The van der Waals surface area contributed by atoms with Gasteiger partial charge in [-0.2, -0.15) is 0 Å². The van der Waals surface area contributed by atoms with E-state index in [9.17, 15) is 19.0 Å². The third-order valence-electron chi connectivity index (χ3n) is 3.71. The standard InChI is InChI=1S/C13H24F2O2/c1-2-3-8-13(14,15)12(17)7-5-10-4-6-11(16)9-10/h10-12,16-17H,2-9H2,1H3. The summed E-state index contributed by atoms with van der Waals surface area (Å²) >= 11 is 0. The second-order valence-corrected chi connectivity index (χ2v) is 5.29. The molecule has 3 atom stereocenters. The summed E-state index contributed by atoms with van der Waals surface area (Å²) in [4.78, 5) is 0. The molecule has 17 heavy (non-hydrogen) atoms. The van der Waals surface area contributed by atoms with Crippen LogP contribution in [-0.4, -0.2) is 28.3 Å². The highest BCUT2D eigenvalue weighted by Gasteiger charge is 2.37. The Morgan fingerprint density at radius 1 is 1.35 bits per heavy atom. The van der Waals surface area contributed by atoms with Gasteiger partial charge in [0, 0.05) is 6.42 Å². The quantitative estimate of drug-likeness (QED) is 0.729. The lowest BCUT2D eigenvalue weighted by Crippen LogP contribution is -2.33. The van der Waals surface area contributed by atoms with Gasteiger partial charge in [0.15, 0.2) is 0 Å². The van der Waals surface area contributed by atoms with E-state index in [0.29, 0.717) is 25.2 Å². The van der Waals surface area contributed by atoms with Gasteiger partial charge in [0.2, 0.25) is 0 Å². The normalized spacial score (nSPS) is 27.4. The number of halogens is 2. The number of hydrogen-bond acceptors (Lipinski definition) is 2. The van der Waals surface area contributed by atoms with E-state index < -0.39 is 12.0 Å². The van der Waals surface area contributed by atoms with Gasteiger partial charge in [-0.15, -0.1) is 0 Å². The van der Waals surface area contributed by atoms with E-state index in [0.717, 1.165) is 19.3 Å². The van der Waals surface area contributed by atoms with Gasteiger partial charge in [-0.1, -0.05) is 13.3 Å². The van der Waals surface area contributed by atoms with Crippen LogP contribution >= 0.6 is 0 Å². The second-order valence-electron chi connectivity index (χ2n) is 5.29. The summed E-state index contributed by atoms with van der Waals surface area (Å²) < 4.78 is 26.9. The first kappa shape index (κ1) is 14.8. The minimum absolute atomic E-state index is 0.147. The van der Waals surface area contributed by atoms with E-state index in [1.54, 1.807) is 0 Å². The Labute approximate surface area is 102 Å². The summed E-state index contributed by atoms with van der Waals surface area (Å²) in [5.41, 5.74) is 0. The van der Waals surface area contributed by atoms with Crippen LogP contribution in [0.5, 0.6) is 0 Å². The molecule has 3 unspecified atom stereocenters. The zero-order chi connectivity index (χ0) is 12.9. The Morgan fingerprint density at radius 3 is 2.59 bits per heavy atom. The molecule has 0 aromatic rings. The highest BCUT2D eigenvalue weighted by atomic mass is 19.3. The first-order valence-corrected chi connectivity index (χ1v) is 6.69. The number of rotatable bonds is 7. The van der Waals surface area contributed by atoms with Crippen molar-refractivity contribution in [1.29, 1.82) is 0 Å². The van der Waals surface area contributed by atoms with Gasteiger partial charge in [-0.3, -0.25) is 0 Å². The molecule has 0 aromatic carbocycles. The topological polar surface area (TPSA) is 40.5 Å². The summed E-state index contributed by atoms with van der Waals surface area (Å²) in [5.74, 6) is -2.64. The van der Waals surface area contributed by atoms with E-state index in [1.165, 1.54) is 0 Å². The van der Waals surface area contributed by atoms with Crippen molar-refractivity contribution < 1.29 is 19.0 Å². The summed E-state index contributed by atoms with van der Waals surface area (Å²) in [6, 6.07) is 0. The lowest BCUT2D eigenvalue weighted by molar-refractivity contribution is -0.118. The fourth-order valence-corrected chi connectivity index (χ4v) is 2.49. The third-order valence-corrected chi connectivity index (χ3v) is 3.71. The van der Waals surface area contributed by atoms with Crippen molar-refractivity contribution in [3.05, 3.63) is 0 Å². The fourth-order valence-electron chi connectivity index (χ4n) is 2.49. The molecule has 0 aliphatic heterocycles. The van der Waals surface area contributed by atoms with Crippen molar-refractivity contribution in [2.24, 2.45) is 5.92 Å². The lowest BCUT2D eigenvalue weighted by atomic mass is 9.95. The molecule has 0 bridgehead atoms. The van der Waals surface area contributed by atoms with Gasteiger partial charge in [-0.05, 0) is 44.4 Å². The van der Waals surface area contributed by atoms with Crippen LogP contribution in [-0.2, 0) is 0 Å². The Balaban J connectivity index is 2.25. The van der Waals surface area contributed by atoms with Crippen LogP contribution in [0.4, 0.5) is 8.78 Å². The van der Waals surface area contributed by atoms with E-state index in [4.69, 9.17) is 0 Å². The Morgan fingerprint density at radius 2 is 2.06 bits per heavy atom. The van der Waals surface area contributed by atoms with Crippen molar-refractivity contribution in [2.45, 2.75) is 76.4 Å². The summed E-state index contributed by atoms with van der Waals surface area (Å²) in [6.07, 6.45) is 2.27.